The quantitative estimate of drug-likeness (QED) is 0.443. The van der Waals surface area contributed by atoms with Crippen LogP contribution in [0.2, 0.25) is 0 Å². The van der Waals surface area contributed by atoms with Crippen molar-refractivity contribution >= 4 is 33.3 Å². The third-order valence-electron chi connectivity index (χ3n) is 4.25. The van der Waals surface area contributed by atoms with Gasteiger partial charge in [0, 0.05) is 18.2 Å². The predicted octanol–water partition coefficient (Wildman–Crippen LogP) is 4.94. The predicted molar refractivity (Wildman–Crippen MR) is 109 cm³/mol. The van der Waals surface area contributed by atoms with Crippen molar-refractivity contribution in [2.24, 2.45) is 0 Å². The van der Waals surface area contributed by atoms with Crippen LogP contribution in [0.25, 0.3) is 11.1 Å². The van der Waals surface area contributed by atoms with E-state index in [9.17, 15) is 9.59 Å². The normalized spacial score (nSPS) is 10.4. The Morgan fingerprint density at radius 1 is 0.808 bits per heavy atom. The molecule has 0 atom stereocenters. The highest BCUT2D eigenvalue weighted by atomic mass is 79.9. The standard InChI is InChI=1S/C22H18BrNO2/c1-24(21(25)15-23)20-10-6-5-9-19(20)22(26)18-13-11-17(12-14-18)16-7-3-2-4-8-16/h2-14H,15H2,1H3. The maximum atomic E-state index is 13.0. The van der Waals surface area contributed by atoms with E-state index in [0.29, 0.717) is 16.8 Å². The van der Waals surface area contributed by atoms with Crippen LogP contribution in [0, 0.1) is 0 Å². The minimum absolute atomic E-state index is 0.102. The number of carbonyl (C=O) groups excluding carboxylic acids is 2. The number of hydrogen-bond donors (Lipinski definition) is 0. The highest BCUT2D eigenvalue weighted by molar-refractivity contribution is 9.09. The molecule has 0 aliphatic carbocycles. The average Bonchev–Trinajstić information content (AvgIpc) is 2.73. The molecule has 0 bridgehead atoms. The monoisotopic (exact) mass is 407 g/mol. The van der Waals surface area contributed by atoms with Gasteiger partial charge < -0.3 is 4.90 Å². The van der Waals surface area contributed by atoms with Crippen molar-refractivity contribution in [1.82, 2.24) is 0 Å². The number of amides is 1. The number of rotatable bonds is 5. The Morgan fingerprint density at radius 2 is 1.38 bits per heavy atom. The minimum atomic E-state index is -0.107. The van der Waals surface area contributed by atoms with Gasteiger partial charge in [0.2, 0.25) is 5.91 Å². The summed E-state index contributed by atoms with van der Waals surface area (Å²) in [6, 6.07) is 24.7. The second-order valence-corrected chi connectivity index (χ2v) is 6.44. The smallest absolute Gasteiger partial charge is 0.237 e. The number of hydrogen-bond acceptors (Lipinski definition) is 2. The van der Waals surface area contributed by atoms with Crippen LogP contribution in [0.4, 0.5) is 5.69 Å². The van der Waals surface area contributed by atoms with Crippen LogP contribution in [0.5, 0.6) is 0 Å². The number of carbonyl (C=O) groups is 2. The van der Waals surface area contributed by atoms with E-state index in [2.05, 4.69) is 15.9 Å². The molecular formula is C22H18BrNO2. The molecule has 0 fully saturated rings. The van der Waals surface area contributed by atoms with E-state index < -0.39 is 0 Å². The Kier molecular flexibility index (Phi) is 5.64. The lowest BCUT2D eigenvalue weighted by Crippen LogP contribution is -2.28. The number of ketones is 1. The molecule has 3 rings (SSSR count). The molecule has 0 spiro atoms. The van der Waals surface area contributed by atoms with Crippen molar-refractivity contribution in [2.45, 2.75) is 0 Å². The van der Waals surface area contributed by atoms with E-state index in [4.69, 9.17) is 0 Å². The third-order valence-corrected chi connectivity index (χ3v) is 4.73. The second kappa shape index (κ2) is 8.11. The molecule has 0 aromatic heterocycles. The van der Waals surface area contributed by atoms with Gasteiger partial charge >= 0.3 is 0 Å². The molecule has 0 N–H and O–H groups in total. The van der Waals surface area contributed by atoms with Crippen molar-refractivity contribution in [3.05, 3.63) is 90.0 Å². The summed E-state index contributed by atoms with van der Waals surface area (Å²) in [6.07, 6.45) is 0. The zero-order chi connectivity index (χ0) is 18.5. The lowest BCUT2D eigenvalue weighted by atomic mass is 9.98. The summed E-state index contributed by atoms with van der Waals surface area (Å²) < 4.78 is 0. The van der Waals surface area contributed by atoms with Crippen molar-refractivity contribution in [3.63, 3.8) is 0 Å². The van der Waals surface area contributed by atoms with Gasteiger partial charge in [-0.25, -0.2) is 0 Å². The molecular weight excluding hydrogens is 390 g/mol. The van der Waals surface area contributed by atoms with Gasteiger partial charge in [-0.2, -0.15) is 0 Å². The number of alkyl halides is 1. The van der Waals surface area contributed by atoms with E-state index in [-0.39, 0.29) is 17.0 Å². The van der Waals surface area contributed by atoms with Crippen molar-refractivity contribution in [3.8, 4) is 11.1 Å². The summed E-state index contributed by atoms with van der Waals surface area (Å²) in [5.74, 6) is -0.209. The maximum Gasteiger partial charge on any atom is 0.237 e. The minimum Gasteiger partial charge on any atom is -0.314 e. The first-order valence-corrected chi connectivity index (χ1v) is 9.35. The summed E-state index contributed by atoms with van der Waals surface area (Å²) in [5.41, 5.74) is 3.87. The Bertz CT molecular complexity index is 920. The lowest BCUT2D eigenvalue weighted by molar-refractivity contribution is -0.115. The van der Waals surface area contributed by atoms with Crippen LogP contribution in [-0.4, -0.2) is 24.1 Å². The molecule has 26 heavy (non-hydrogen) atoms. The molecule has 1 amide bonds. The molecule has 4 heteroatoms. The van der Waals surface area contributed by atoms with Crippen LogP contribution in [0.1, 0.15) is 15.9 Å². The van der Waals surface area contributed by atoms with Gasteiger partial charge in [-0.15, -0.1) is 0 Å². The topological polar surface area (TPSA) is 37.4 Å². The zero-order valence-corrected chi connectivity index (χ0v) is 15.9. The highest BCUT2D eigenvalue weighted by Gasteiger charge is 2.18. The first kappa shape index (κ1) is 18.1. The van der Waals surface area contributed by atoms with Crippen molar-refractivity contribution in [1.29, 1.82) is 0 Å². The largest absolute Gasteiger partial charge is 0.314 e. The first-order valence-electron chi connectivity index (χ1n) is 8.23. The second-order valence-electron chi connectivity index (χ2n) is 5.88. The molecule has 3 aromatic rings. The van der Waals surface area contributed by atoms with Gasteiger partial charge in [-0.1, -0.05) is 82.7 Å². The Balaban J connectivity index is 1.92. The fourth-order valence-electron chi connectivity index (χ4n) is 2.78. The van der Waals surface area contributed by atoms with E-state index in [1.54, 1.807) is 19.2 Å². The Morgan fingerprint density at radius 3 is 2.04 bits per heavy atom. The molecule has 130 valence electrons. The zero-order valence-electron chi connectivity index (χ0n) is 14.4. The van der Waals surface area contributed by atoms with Gasteiger partial charge in [0.1, 0.15) is 0 Å². The molecule has 0 saturated carbocycles. The first-order chi connectivity index (χ1) is 12.6. The van der Waals surface area contributed by atoms with Crippen LogP contribution < -0.4 is 4.90 Å². The summed E-state index contributed by atoms with van der Waals surface area (Å²) in [7, 11) is 1.67. The van der Waals surface area contributed by atoms with Crippen molar-refractivity contribution < 1.29 is 9.59 Å². The molecule has 0 aliphatic heterocycles. The maximum absolute atomic E-state index is 13.0. The van der Waals surface area contributed by atoms with Gasteiger partial charge in [-0.3, -0.25) is 9.59 Å². The SMILES string of the molecule is CN(C(=O)CBr)c1ccccc1C(=O)c1ccc(-c2ccccc2)cc1. The van der Waals surface area contributed by atoms with Gasteiger partial charge in [-0.05, 0) is 23.3 Å². The molecule has 0 saturated heterocycles. The van der Waals surface area contributed by atoms with E-state index in [0.717, 1.165) is 11.1 Å². The number of nitrogens with zero attached hydrogens (tertiary/aromatic N) is 1. The fourth-order valence-corrected chi connectivity index (χ4v) is 3.16. The lowest BCUT2D eigenvalue weighted by Gasteiger charge is -2.19. The van der Waals surface area contributed by atoms with Crippen LogP contribution in [0.15, 0.2) is 78.9 Å². The van der Waals surface area contributed by atoms with Gasteiger partial charge in [0.25, 0.3) is 0 Å². The number of anilines is 1. The number of para-hydroxylation sites is 1. The fraction of sp³-hybridized carbons (Fsp3) is 0.0909. The average molecular weight is 408 g/mol. The van der Waals surface area contributed by atoms with E-state index in [1.165, 1.54) is 4.90 Å². The molecule has 0 radical (unpaired) electrons. The molecule has 3 nitrogen and oxygen atoms in total. The van der Waals surface area contributed by atoms with E-state index in [1.807, 2.05) is 66.7 Å². The summed E-state index contributed by atoms with van der Waals surface area (Å²) >= 11 is 3.17. The van der Waals surface area contributed by atoms with Gasteiger partial charge in [0.15, 0.2) is 5.78 Å². The summed E-state index contributed by atoms with van der Waals surface area (Å²) in [4.78, 5) is 26.5. The third kappa shape index (κ3) is 3.75. The number of benzene rings is 3. The molecule has 3 aromatic carbocycles. The summed E-state index contributed by atoms with van der Waals surface area (Å²) in [6.45, 7) is 0. The van der Waals surface area contributed by atoms with Crippen LogP contribution in [0.3, 0.4) is 0 Å². The Hall–Kier alpha value is -2.72. The summed E-state index contributed by atoms with van der Waals surface area (Å²) in [5, 5.41) is 0.206. The molecule has 0 aliphatic rings. The highest BCUT2D eigenvalue weighted by Crippen LogP contribution is 2.25. The number of halogens is 1. The van der Waals surface area contributed by atoms with Crippen molar-refractivity contribution in [2.75, 3.05) is 17.3 Å². The Labute approximate surface area is 161 Å². The molecule has 0 unspecified atom stereocenters. The van der Waals surface area contributed by atoms with Gasteiger partial charge in [0.05, 0.1) is 11.0 Å². The van der Waals surface area contributed by atoms with Crippen LogP contribution in [-0.2, 0) is 4.79 Å². The molecule has 0 heterocycles. The van der Waals surface area contributed by atoms with E-state index >= 15 is 0 Å². The van der Waals surface area contributed by atoms with Crippen LogP contribution >= 0.6 is 15.9 Å².